The molecule has 0 spiro atoms. The first-order valence-corrected chi connectivity index (χ1v) is 24.7. The van der Waals surface area contributed by atoms with Crippen LogP contribution in [0.1, 0.15) is 142 Å². The van der Waals surface area contributed by atoms with Crippen LogP contribution in [0.15, 0.2) is 122 Å². The molecule has 0 amide bonds. The van der Waals surface area contributed by atoms with Crippen molar-refractivity contribution in [1.29, 1.82) is 0 Å². The highest BCUT2D eigenvalue weighted by molar-refractivity contribution is 7.45. The molecule has 0 aromatic rings. The smallest absolute Gasteiger partial charge is 0.306 e. The lowest BCUT2D eigenvalue weighted by Crippen LogP contribution is -2.37. The third kappa shape index (κ3) is 47.8. The molecule has 0 rings (SSSR count). The van der Waals surface area contributed by atoms with E-state index in [1.807, 2.05) is 21.1 Å². The predicted octanol–water partition coefficient (Wildman–Crippen LogP) is 13.5. The molecule has 0 N–H and O–H groups in total. The molecule has 0 aromatic heterocycles. The first-order chi connectivity index (χ1) is 29.6. The summed E-state index contributed by atoms with van der Waals surface area (Å²) in [5.74, 6) is -0.374. The Morgan fingerprint density at radius 2 is 0.902 bits per heavy atom. The maximum atomic E-state index is 12.7. The molecule has 0 aliphatic heterocycles. The largest absolute Gasteiger partial charge is 0.756 e. The Labute approximate surface area is 373 Å². The van der Waals surface area contributed by atoms with Crippen LogP contribution in [0.25, 0.3) is 0 Å². The van der Waals surface area contributed by atoms with Gasteiger partial charge in [0.05, 0.1) is 34.4 Å². The van der Waals surface area contributed by atoms with Crippen LogP contribution < -0.4 is 4.89 Å². The number of rotatable bonds is 41. The molecule has 2 unspecified atom stereocenters. The normalized spacial score (nSPS) is 14.8. The van der Waals surface area contributed by atoms with Gasteiger partial charge in [0.2, 0.25) is 0 Å². The molecule has 2 atom stereocenters. The zero-order valence-electron chi connectivity index (χ0n) is 39.1. The highest BCUT2D eigenvalue weighted by Gasteiger charge is 2.20. The number of allylic oxidation sites excluding steroid dienone is 20. The maximum Gasteiger partial charge on any atom is 0.306 e. The number of carbonyl (C=O) groups is 1. The predicted molar refractivity (Wildman–Crippen MR) is 258 cm³/mol. The Bertz CT molecular complexity index is 1380. The van der Waals surface area contributed by atoms with Gasteiger partial charge in [0.25, 0.3) is 7.82 Å². The third-order valence-electron chi connectivity index (χ3n) is 9.01. The van der Waals surface area contributed by atoms with E-state index in [4.69, 9.17) is 18.5 Å². The van der Waals surface area contributed by atoms with Gasteiger partial charge in [-0.2, -0.15) is 0 Å². The molecule has 0 radical (unpaired) electrons. The van der Waals surface area contributed by atoms with E-state index in [9.17, 15) is 14.3 Å². The number of ether oxygens (including phenoxy) is 2. The first kappa shape index (κ1) is 57.9. The van der Waals surface area contributed by atoms with Crippen molar-refractivity contribution in [3.63, 3.8) is 0 Å². The van der Waals surface area contributed by atoms with Gasteiger partial charge in [-0.25, -0.2) is 0 Å². The minimum Gasteiger partial charge on any atom is -0.756 e. The van der Waals surface area contributed by atoms with E-state index in [0.717, 1.165) is 116 Å². The average Bonchev–Trinajstić information content (AvgIpc) is 3.22. The fourth-order valence-corrected chi connectivity index (χ4v) is 6.22. The summed E-state index contributed by atoms with van der Waals surface area (Å²) < 4.78 is 34.5. The molecule has 0 aliphatic carbocycles. The van der Waals surface area contributed by atoms with E-state index >= 15 is 0 Å². The Kier molecular flexibility index (Phi) is 41.3. The third-order valence-corrected chi connectivity index (χ3v) is 9.97. The van der Waals surface area contributed by atoms with Crippen LogP contribution in [0.2, 0.25) is 0 Å². The summed E-state index contributed by atoms with van der Waals surface area (Å²) in [7, 11) is 1.29. The fraction of sp³-hybridized carbons (Fsp3) is 0.596. The van der Waals surface area contributed by atoms with E-state index in [0.29, 0.717) is 17.6 Å². The molecule has 9 heteroatoms. The fourth-order valence-electron chi connectivity index (χ4n) is 5.49. The summed E-state index contributed by atoms with van der Waals surface area (Å²) in [5.41, 5.74) is 0. The topological polar surface area (TPSA) is 94.1 Å². The van der Waals surface area contributed by atoms with Crippen molar-refractivity contribution in [3.8, 4) is 0 Å². The van der Waals surface area contributed by atoms with Crippen LogP contribution in [-0.4, -0.2) is 70.7 Å². The Morgan fingerprint density at radius 1 is 0.508 bits per heavy atom. The van der Waals surface area contributed by atoms with Gasteiger partial charge in [0, 0.05) is 13.0 Å². The quantitative estimate of drug-likeness (QED) is 0.0199. The number of nitrogens with zero attached hydrogens (tertiary/aromatic N) is 1. The molecule has 0 fully saturated rings. The molecule has 8 nitrogen and oxygen atoms in total. The van der Waals surface area contributed by atoms with Crippen LogP contribution in [0.3, 0.4) is 0 Å². The lowest BCUT2D eigenvalue weighted by molar-refractivity contribution is -0.870. The van der Waals surface area contributed by atoms with Gasteiger partial charge in [-0.05, 0) is 96.3 Å². The van der Waals surface area contributed by atoms with Crippen LogP contribution in [0, 0.1) is 0 Å². The highest BCUT2D eigenvalue weighted by atomic mass is 31.2. The SMILES string of the molecule is CC/C=C\C/C=C\C/C=C\C/C=C\C/C=C\C/C=C\CCCCCCCCC(=O)OC(COCCC/C=C\C/C=C\C/C=C\C/C=C\CC)COP(=O)([O-])OCC[N+](C)(C)C. The van der Waals surface area contributed by atoms with Gasteiger partial charge in [0.15, 0.2) is 0 Å². The Balaban J connectivity index is 4.30. The number of esters is 1. The molecule has 61 heavy (non-hydrogen) atoms. The molecular weight excluding hydrogens is 782 g/mol. The van der Waals surface area contributed by atoms with Gasteiger partial charge >= 0.3 is 5.97 Å². The monoisotopic (exact) mass is 868 g/mol. The van der Waals surface area contributed by atoms with Crippen molar-refractivity contribution < 1.29 is 37.3 Å². The van der Waals surface area contributed by atoms with Crippen LogP contribution in [0.5, 0.6) is 0 Å². The summed E-state index contributed by atoms with van der Waals surface area (Å²) in [6.07, 6.45) is 62.3. The van der Waals surface area contributed by atoms with Crippen molar-refractivity contribution >= 4 is 13.8 Å². The zero-order valence-corrected chi connectivity index (χ0v) is 39.9. The number of likely N-dealkylation sites (N-methyl/N-ethyl adjacent to an activating group) is 1. The average molecular weight is 868 g/mol. The summed E-state index contributed by atoms with van der Waals surface area (Å²) in [6, 6.07) is 0. The van der Waals surface area contributed by atoms with Gasteiger partial charge in [0.1, 0.15) is 19.3 Å². The standard InChI is InChI=1S/C52H86NO7P/c1-6-8-10-12-14-16-18-20-22-23-24-25-26-27-28-29-30-31-32-33-35-37-39-41-43-45-52(54)60-51(50-59-61(55,56)58-48-46-53(3,4)5)49-57-47-44-42-40-38-36-34-21-19-17-15-13-11-9-7-2/h8-11,14-17,20-22,24-25,27-28,30-31,34,38,40,51H,6-7,12-13,18-19,23,26,29,32-33,35-37,39,41-50H2,1-5H3/b10-8-,11-9-,16-14-,17-15-,22-20-,25-24-,28-27-,31-30-,34-21-,40-38-. The summed E-state index contributed by atoms with van der Waals surface area (Å²) in [4.78, 5) is 25.1. The second-order valence-corrected chi connectivity index (χ2v) is 17.4. The molecule has 0 aliphatic rings. The molecule has 346 valence electrons. The van der Waals surface area contributed by atoms with Crippen molar-refractivity contribution in [2.24, 2.45) is 0 Å². The summed E-state index contributed by atoms with van der Waals surface area (Å²) >= 11 is 0. The molecule has 0 aromatic carbocycles. The van der Waals surface area contributed by atoms with Crippen LogP contribution in [-0.2, 0) is 27.9 Å². The molecule has 0 heterocycles. The van der Waals surface area contributed by atoms with E-state index in [2.05, 4.69) is 135 Å². The van der Waals surface area contributed by atoms with Gasteiger partial charge in [-0.15, -0.1) is 0 Å². The van der Waals surface area contributed by atoms with E-state index in [1.54, 1.807) is 0 Å². The minimum absolute atomic E-state index is 0.00500. The van der Waals surface area contributed by atoms with E-state index in [1.165, 1.54) is 6.42 Å². The second-order valence-electron chi connectivity index (χ2n) is 16.0. The van der Waals surface area contributed by atoms with E-state index in [-0.39, 0.29) is 32.2 Å². The maximum absolute atomic E-state index is 12.7. The lowest BCUT2D eigenvalue weighted by Gasteiger charge is -2.28. The number of phosphoric acid groups is 1. The number of hydrogen-bond donors (Lipinski definition) is 0. The van der Waals surface area contributed by atoms with Crippen molar-refractivity contribution in [2.45, 2.75) is 148 Å². The van der Waals surface area contributed by atoms with Crippen LogP contribution in [0.4, 0.5) is 0 Å². The highest BCUT2D eigenvalue weighted by Crippen LogP contribution is 2.38. The van der Waals surface area contributed by atoms with Crippen molar-refractivity contribution in [3.05, 3.63) is 122 Å². The zero-order chi connectivity index (χ0) is 44.8. The molecule has 0 saturated carbocycles. The van der Waals surface area contributed by atoms with Gasteiger partial charge in [-0.1, -0.05) is 161 Å². The van der Waals surface area contributed by atoms with Crippen LogP contribution >= 0.6 is 7.82 Å². The van der Waals surface area contributed by atoms with Crippen molar-refractivity contribution in [2.75, 3.05) is 54.1 Å². The summed E-state index contributed by atoms with van der Waals surface area (Å²) in [5, 5.41) is 0. The minimum atomic E-state index is -4.56. The van der Waals surface area contributed by atoms with E-state index < -0.39 is 13.9 Å². The lowest BCUT2D eigenvalue weighted by atomic mass is 10.1. The van der Waals surface area contributed by atoms with Crippen molar-refractivity contribution in [1.82, 2.24) is 0 Å². The van der Waals surface area contributed by atoms with Gasteiger partial charge < -0.3 is 27.9 Å². The van der Waals surface area contributed by atoms with Gasteiger partial charge in [-0.3, -0.25) is 9.36 Å². The number of phosphoric ester groups is 1. The Morgan fingerprint density at radius 3 is 1.34 bits per heavy atom. The Hall–Kier alpha value is -3.10. The number of hydrogen-bond acceptors (Lipinski definition) is 7. The molecule has 0 saturated heterocycles. The molecule has 0 bridgehead atoms. The number of unbranched alkanes of at least 4 members (excludes halogenated alkanes) is 7. The second kappa shape index (κ2) is 43.5. The first-order valence-electron chi connectivity index (χ1n) is 23.3. The number of quaternary nitrogens is 1. The summed E-state index contributed by atoms with van der Waals surface area (Å²) in [6.45, 7) is 4.97. The molecular formula is C52H86NO7P. The number of carbonyl (C=O) groups excluding carboxylic acids is 1.